The smallest absolute Gasteiger partial charge is 0.138 e. The maximum atomic E-state index is 9.16. The van der Waals surface area contributed by atoms with Crippen molar-refractivity contribution < 1.29 is 5.21 Å². The van der Waals surface area contributed by atoms with Crippen molar-refractivity contribution in [3.63, 3.8) is 0 Å². The van der Waals surface area contributed by atoms with Gasteiger partial charge in [-0.3, -0.25) is 0 Å². The summed E-state index contributed by atoms with van der Waals surface area (Å²) in [4.78, 5) is 0. The lowest BCUT2D eigenvalue weighted by molar-refractivity contribution is 0.322. The number of rotatable bonds is 5. The molecule has 0 spiro atoms. The first-order valence-electron chi connectivity index (χ1n) is 9.60. The number of oxime groups is 1. The molecule has 0 saturated heterocycles. The van der Waals surface area contributed by atoms with Gasteiger partial charge in [0.05, 0.1) is 11.9 Å². The summed E-state index contributed by atoms with van der Waals surface area (Å²) < 4.78 is 2.05. The van der Waals surface area contributed by atoms with Crippen molar-refractivity contribution in [2.75, 3.05) is 0 Å². The second-order valence-electron chi connectivity index (χ2n) is 7.05. The number of nitrogens with zero attached hydrogens (tertiary/aromatic N) is 3. The van der Waals surface area contributed by atoms with E-state index in [9.17, 15) is 0 Å². The van der Waals surface area contributed by atoms with Crippen LogP contribution in [-0.4, -0.2) is 21.2 Å². The lowest BCUT2D eigenvalue weighted by Crippen LogP contribution is -2.39. The maximum Gasteiger partial charge on any atom is 0.138 e. The molecule has 3 aromatic carbocycles. The van der Waals surface area contributed by atoms with E-state index in [2.05, 4.69) is 82.6 Å². The van der Waals surface area contributed by atoms with Crippen LogP contribution in [-0.2, 0) is 5.54 Å². The maximum absolute atomic E-state index is 9.16. The minimum absolute atomic E-state index is 0.666. The van der Waals surface area contributed by atoms with E-state index in [1.54, 1.807) is 0 Å². The molecule has 0 aliphatic heterocycles. The van der Waals surface area contributed by atoms with Crippen LogP contribution >= 0.6 is 0 Å². The fourth-order valence-electron chi connectivity index (χ4n) is 4.13. The van der Waals surface area contributed by atoms with E-state index in [0.717, 1.165) is 33.6 Å². The molecule has 4 aromatic rings. The third-order valence-corrected chi connectivity index (χ3v) is 5.43. The van der Waals surface area contributed by atoms with Crippen molar-refractivity contribution in [1.82, 2.24) is 9.78 Å². The monoisotopic (exact) mass is 381 g/mol. The van der Waals surface area contributed by atoms with Gasteiger partial charge in [-0.2, -0.15) is 5.10 Å². The summed E-state index contributed by atoms with van der Waals surface area (Å²) in [5, 5.41) is 17.4. The molecule has 1 heterocycles. The van der Waals surface area contributed by atoms with E-state index in [1.165, 1.54) is 6.21 Å². The number of aromatic nitrogens is 2. The molecule has 0 radical (unpaired) electrons. The Morgan fingerprint density at radius 3 is 1.55 bits per heavy atom. The summed E-state index contributed by atoms with van der Waals surface area (Å²) in [6, 6.07) is 31.2. The summed E-state index contributed by atoms with van der Waals surface area (Å²) in [6.07, 6.45) is 1.46. The molecule has 0 fully saturated rings. The highest BCUT2D eigenvalue weighted by molar-refractivity contribution is 5.82. The molecule has 1 N–H and O–H groups in total. The first-order valence-corrected chi connectivity index (χ1v) is 9.60. The second-order valence-corrected chi connectivity index (χ2v) is 7.05. The highest BCUT2D eigenvalue weighted by Gasteiger charge is 2.40. The molecule has 144 valence electrons. The van der Waals surface area contributed by atoms with Gasteiger partial charge in [0, 0.05) is 11.3 Å². The molecule has 0 unspecified atom stereocenters. The normalized spacial score (nSPS) is 11.8. The summed E-state index contributed by atoms with van der Waals surface area (Å²) in [6.45, 7) is 3.95. The Morgan fingerprint density at radius 1 is 0.759 bits per heavy atom. The average Bonchev–Trinajstić information content (AvgIpc) is 3.06. The molecule has 0 aliphatic rings. The first-order chi connectivity index (χ1) is 14.2. The number of hydrogen-bond acceptors (Lipinski definition) is 3. The molecule has 0 atom stereocenters. The predicted molar refractivity (Wildman–Crippen MR) is 116 cm³/mol. The number of benzene rings is 3. The van der Waals surface area contributed by atoms with Crippen LogP contribution in [0.1, 0.15) is 33.6 Å². The number of hydrogen-bond donors (Lipinski definition) is 1. The summed E-state index contributed by atoms with van der Waals surface area (Å²) in [7, 11) is 0. The van der Waals surface area contributed by atoms with Gasteiger partial charge in [0.15, 0.2) is 0 Å². The van der Waals surface area contributed by atoms with E-state index >= 15 is 0 Å². The zero-order valence-electron chi connectivity index (χ0n) is 16.5. The van der Waals surface area contributed by atoms with Crippen LogP contribution < -0.4 is 0 Å². The van der Waals surface area contributed by atoms with E-state index in [1.807, 2.05) is 32.0 Å². The van der Waals surface area contributed by atoms with Crippen molar-refractivity contribution in [2.45, 2.75) is 19.4 Å². The average molecular weight is 381 g/mol. The zero-order valence-corrected chi connectivity index (χ0v) is 16.5. The van der Waals surface area contributed by atoms with E-state index in [-0.39, 0.29) is 0 Å². The predicted octanol–water partition coefficient (Wildman–Crippen LogP) is 5.15. The van der Waals surface area contributed by atoms with E-state index in [0.29, 0.717) is 0 Å². The molecule has 0 bridgehead atoms. The van der Waals surface area contributed by atoms with Crippen LogP contribution in [0.3, 0.4) is 0 Å². The van der Waals surface area contributed by atoms with Gasteiger partial charge in [-0.25, -0.2) is 4.68 Å². The first kappa shape index (κ1) is 18.7. The Bertz CT molecular complexity index is 1020. The van der Waals surface area contributed by atoms with Gasteiger partial charge in [0.1, 0.15) is 5.54 Å². The summed E-state index contributed by atoms with van der Waals surface area (Å²) in [5.74, 6) is 0. The van der Waals surface area contributed by atoms with Gasteiger partial charge in [-0.1, -0.05) is 96.2 Å². The van der Waals surface area contributed by atoms with Crippen molar-refractivity contribution in [2.24, 2.45) is 5.16 Å². The third-order valence-electron chi connectivity index (χ3n) is 5.43. The Hall–Kier alpha value is -3.66. The number of aryl methyl sites for hydroxylation is 1. The lowest BCUT2D eigenvalue weighted by Gasteiger charge is -2.37. The van der Waals surface area contributed by atoms with Crippen molar-refractivity contribution in [1.29, 1.82) is 0 Å². The molecule has 0 amide bonds. The van der Waals surface area contributed by atoms with Gasteiger partial charge in [0.2, 0.25) is 0 Å². The molecule has 4 nitrogen and oxygen atoms in total. The van der Waals surface area contributed by atoms with Gasteiger partial charge < -0.3 is 5.21 Å². The van der Waals surface area contributed by atoms with E-state index in [4.69, 9.17) is 10.3 Å². The minimum Gasteiger partial charge on any atom is -0.411 e. The molecule has 0 aliphatic carbocycles. The second kappa shape index (κ2) is 7.76. The molecule has 1 aromatic heterocycles. The Kier molecular flexibility index (Phi) is 5.00. The van der Waals surface area contributed by atoms with Crippen LogP contribution in [0.4, 0.5) is 0 Å². The van der Waals surface area contributed by atoms with Gasteiger partial charge in [-0.15, -0.1) is 0 Å². The molecular weight excluding hydrogens is 358 g/mol. The highest BCUT2D eigenvalue weighted by Crippen LogP contribution is 2.41. The van der Waals surface area contributed by atoms with Crippen LogP contribution in [0, 0.1) is 13.8 Å². The van der Waals surface area contributed by atoms with Gasteiger partial charge in [-0.05, 0) is 30.5 Å². The van der Waals surface area contributed by atoms with Crippen molar-refractivity contribution >= 4 is 6.21 Å². The minimum atomic E-state index is -0.666. The van der Waals surface area contributed by atoms with E-state index < -0.39 is 5.54 Å². The summed E-state index contributed by atoms with van der Waals surface area (Å²) in [5.41, 5.74) is 5.21. The Morgan fingerprint density at radius 2 is 1.17 bits per heavy atom. The van der Waals surface area contributed by atoms with Crippen LogP contribution in [0.2, 0.25) is 0 Å². The van der Waals surface area contributed by atoms with Gasteiger partial charge in [0.25, 0.3) is 0 Å². The molecule has 29 heavy (non-hydrogen) atoms. The topological polar surface area (TPSA) is 50.4 Å². The standard InChI is InChI=1S/C25H23N3O/c1-19-24(18-26-29)20(2)28(27-19)25(21-12-6-3-7-13-21,22-14-8-4-9-15-22)23-16-10-5-11-17-23/h3-18,29H,1-2H3. The Labute approximate surface area is 170 Å². The molecule has 0 saturated carbocycles. The fraction of sp³-hybridized carbons (Fsp3) is 0.120. The van der Waals surface area contributed by atoms with Gasteiger partial charge >= 0.3 is 0 Å². The van der Waals surface area contributed by atoms with Crippen LogP contribution in [0.25, 0.3) is 0 Å². The van der Waals surface area contributed by atoms with Crippen molar-refractivity contribution in [3.8, 4) is 0 Å². The van der Waals surface area contributed by atoms with Crippen LogP contribution in [0.5, 0.6) is 0 Å². The third kappa shape index (κ3) is 3.03. The lowest BCUT2D eigenvalue weighted by atomic mass is 9.77. The van der Waals surface area contributed by atoms with Crippen LogP contribution in [0.15, 0.2) is 96.2 Å². The largest absolute Gasteiger partial charge is 0.411 e. The molecule has 4 heteroatoms. The highest BCUT2D eigenvalue weighted by atomic mass is 16.4. The fourth-order valence-corrected chi connectivity index (χ4v) is 4.13. The molecule has 4 rings (SSSR count). The quantitative estimate of drug-likeness (QED) is 0.225. The van der Waals surface area contributed by atoms with Crippen molar-refractivity contribution in [3.05, 3.63) is 125 Å². The zero-order chi connectivity index (χ0) is 20.3. The summed E-state index contributed by atoms with van der Waals surface area (Å²) >= 11 is 0. The molecular formula is C25H23N3O. The SMILES string of the molecule is Cc1nn(C(c2ccccc2)(c2ccccc2)c2ccccc2)c(C)c1C=NO. The Balaban J connectivity index is 2.17.